The van der Waals surface area contributed by atoms with E-state index in [4.69, 9.17) is 9.47 Å². The van der Waals surface area contributed by atoms with Gasteiger partial charge < -0.3 is 20.1 Å². The van der Waals surface area contributed by atoms with E-state index in [-0.39, 0.29) is 5.82 Å². The second-order valence-corrected chi connectivity index (χ2v) is 5.68. The van der Waals surface area contributed by atoms with Gasteiger partial charge in [0, 0.05) is 27.2 Å². The summed E-state index contributed by atoms with van der Waals surface area (Å²) in [5, 5.41) is 6.44. The van der Waals surface area contributed by atoms with Gasteiger partial charge >= 0.3 is 0 Å². The first-order valence-corrected chi connectivity index (χ1v) is 8.61. The van der Waals surface area contributed by atoms with E-state index < -0.39 is 0 Å². The molecule has 0 fully saturated rings. The number of guanidine groups is 1. The summed E-state index contributed by atoms with van der Waals surface area (Å²) in [7, 11) is 3.36. The van der Waals surface area contributed by atoms with Crippen LogP contribution in [0.5, 0.6) is 5.75 Å². The number of halogens is 1. The van der Waals surface area contributed by atoms with Gasteiger partial charge in [-0.2, -0.15) is 0 Å². The summed E-state index contributed by atoms with van der Waals surface area (Å²) in [5.41, 5.74) is 1.77. The third-order valence-corrected chi connectivity index (χ3v) is 3.78. The number of hydrogen-bond acceptors (Lipinski definition) is 3. The molecule has 0 unspecified atom stereocenters. The minimum atomic E-state index is -0.178. The molecule has 2 aromatic rings. The van der Waals surface area contributed by atoms with E-state index in [1.54, 1.807) is 26.3 Å². The van der Waals surface area contributed by atoms with E-state index in [9.17, 15) is 4.39 Å². The third kappa shape index (κ3) is 6.72. The average molecular weight is 359 g/mol. The highest BCUT2D eigenvalue weighted by Gasteiger charge is 2.03. The second kappa shape index (κ2) is 11.1. The summed E-state index contributed by atoms with van der Waals surface area (Å²) < 4.78 is 24.2. The fraction of sp³-hybridized carbons (Fsp3) is 0.350. The molecule has 2 rings (SSSR count). The molecule has 0 aromatic heterocycles. The van der Waals surface area contributed by atoms with Gasteiger partial charge in [-0.1, -0.05) is 30.3 Å². The number of nitrogens with one attached hydrogen (secondary N) is 2. The lowest BCUT2D eigenvalue weighted by atomic mass is 10.1. The van der Waals surface area contributed by atoms with Gasteiger partial charge in [0.05, 0.1) is 6.61 Å². The van der Waals surface area contributed by atoms with Crippen LogP contribution in [0.25, 0.3) is 0 Å². The van der Waals surface area contributed by atoms with Crippen LogP contribution in [0.15, 0.2) is 53.5 Å². The smallest absolute Gasteiger partial charge is 0.191 e. The number of benzene rings is 2. The lowest BCUT2D eigenvalue weighted by molar-refractivity contribution is 0.146. The Morgan fingerprint density at radius 2 is 1.92 bits per heavy atom. The normalized spacial score (nSPS) is 11.3. The summed E-state index contributed by atoms with van der Waals surface area (Å²) in [6, 6.07) is 14.7. The molecular formula is C20H26FN3O2. The van der Waals surface area contributed by atoms with Crippen LogP contribution in [-0.2, 0) is 17.7 Å². The maximum Gasteiger partial charge on any atom is 0.191 e. The largest absolute Gasteiger partial charge is 0.491 e. The number of methoxy groups -OCH3 is 1. The van der Waals surface area contributed by atoms with Crippen molar-refractivity contribution in [2.45, 2.75) is 13.0 Å². The Labute approximate surface area is 154 Å². The van der Waals surface area contributed by atoms with Crippen LogP contribution < -0.4 is 15.4 Å². The summed E-state index contributed by atoms with van der Waals surface area (Å²) >= 11 is 0. The van der Waals surface area contributed by atoms with Gasteiger partial charge in [0.25, 0.3) is 0 Å². The molecule has 0 heterocycles. The molecule has 5 nitrogen and oxygen atoms in total. The Kier molecular flexibility index (Phi) is 8.42. The topological polar surface area (TPSA) is 54.9 Å². The molecule has 0 radical (unpaired) electrons. The quantitative estimate of drug-likeness (QED) is 0.411. The Bertz CT molecular complexity index is 707. The zero-order valence-corrected chi connectivity index (χ0v) is 15.3. The monoisotopic (exact) mass is 359 g/mol. The molecule has 26 heavy (non-hydrogen) atoms. The van der Waals surface area contributed by atoms with Crippen LogP contribution in [0.2, 0.25) is 0 Å². The molecule has 0 aliphatic rings. The zero-order valence-electron chi connectivity index (χ0n) is 15.3. The molecule has 0 saturated heterocycles. The van der Waals surface area contributed by atoms with Crippen molar-refractivity contribution in [1.82, 2.24) is 10.6 Å². The highest BCUT2D eigenvalue weighted by Crippen LogP contribution is 2.13. The summed E-state index contributed by atoms with van der Waals surface area (Å²) in [6.07, 6.45) is 0.593. The molecular weight excluding hydrogens is 333 g/mol. The molecule has 2 aromatic carbocycles. The second-order valence-electron chi connectivity index (χ2n) is 5.68. The van der Waals surface area contributed by atoms with Gasteiger partial charge in [0.2, 0.25) is 0 Å². The number of ether oxygens (including phenoxy) is 2. The van der Waals surface area contributed by atoms with Crippen LogP contribution >= 0.6 is 0 Å². The van der Waals surface area contributed by atoms with Gasteiger partial charge in [-0.3, -0.25) is 4.99 Å². The van der Waals surface area contributed by atoms with Crippen LogP contribution in [-0.4, -0.2) is 39.9 Å². The van der Waals surface area contributed by atoms with Crippen LogP contribution in [0.3, 0.4) is 0 Å². The van der Waals surface area contributed by atoms with E-state index in [1.165, 1.54) is 6.07 Å². The first-order chi connectivity index (χ1) is 12.7. The van der Waals surface area contributed by atoms with Crippen LogP contribution in [0.4, 0.5) is 4.39 Å². The molecule has 0 bridgehead atoms. The van der Waals surface area contributed by atoms with E-state index in [1.807, 2.05) is 30.3 Å². The highest BCUT2D eigenvalue weighted by molar-refractivity contribution is 5.79. The molecule has 0 amide bonds. The van der Waals surface area contributed by atoms with Crippen molar-refractivity contribution in [3.05, 3.63) is 65.5 Å². The fourth-order valence-electron chi connectivity index (χ4n) is 2.41. The van der Waals surface area contributed by atoms with Gasteiger partial charge in [-0.15, -0.1) is 0 Å². The lowest BCUT2D eigenvalue weighted by Crippen LogP contribution is -2.37. The van der Waals surface area contributed by atoms with Crippen molar-refractivity contribution in [3.8, 4) is 5.75 Å². The molecule has 0 aliphatic carbocycles. The van der Waals surface area contributed by atoms with Crippen molar-refractivity contribution >= 4 is 5.96 Å². The van der Waals surface area contributed by atoms with Crippen LogP contribution in [0.1, 0.15) is 11.1 Å². The fourth-order valence-corrected chi connectivity index (χ4v) is 2.41. The summed E-state index contributed by atoms with van der Waals surface area (Å²) in [4.78, 5) is 4.19. The molecule has 0 saturated carbocycles. The van der Waals surface area contributed by atoms with Crippen molar-refractivity contribution in [2.24, 2.45) is 4.99 Å². The zero-order chi connectivity index (χ0) is 18.6. The first-order valence-electron chi connectivity index (χ1n) is 8.61. The summed E-state index contributed by atoms with van der Waals surface area (Å²) in [6.45, 7) is 2.29. The van der Waals surface area contributed by atoms with Crippen molar-refractivity contribution in [1.29, 1.82) is 0 Å². The van der Waals surface area contributed by atoms with Crippen molar-refractivity contribution in [2.75, 3.05) is 33.9 Å². The standard InChI is InChI=1S/C20H26FN3O2/c1-22-20(23-11-10-17-7-3-4-9-19(17)21)24-15-16-6-5-8-18(14-16)26-13-12-25-2/h3-9,14H,10-13,15H2,1-2H3,(H2,22,23,24). The van der Waals surface area contributed by atoms with E-state index in [0.29, 0.717) is 44.2 Å². The van der Waals surface area contributed by atoms with E-state index in [2.05, 4.69) is 15.6 Å². The molecule has 140 valence electrons. The predicted molar refractivity (Wildman–Crippen MR) is 102 cm³/mol. The Morgan fingerprint density at radius 1 is 1.08 bits per heavy atom. The lowest BCUT2D eigenvalue weighted by Gasteiger charge is -2.13. The molecule has 6 heteroatoms. The predicted octanol–water partition coefficient (Wildman–Crippen LogP) is 2.76. The Balaban J connectivity index is 1.78. The third-order valence-electron chi connectivity index (χ3n) is 3.78. The van der Waals surface area contributed by atoms with Gasteiger partial charge in [0.1, 0.15) is 18.2 Å². The number of rotatable bonds is 9. The Morgan fingerprint density at radius 3 is 2.69 bits per heavy atom. The molecule has 2 N–H and O–H groups in total. The van der Waals surface area contributed by atoms with E-state index >= 15 is 0 Å². The minimum Gasteiger partial charge on any atom is -0.491 e. The van der Waals surface area contributed by atoms with Gasteiger partial charge in [0.15, 0.2) is 5.96 Å². The highest BCUT2D eigenvalue weighted by atomic mass is 19.1. The number of nitrogens with zero attached hydrogens (tertiary/aromatic N) is 1. The Hall–Kier alpha value is -2.60. The van der Waals surface area contributed by atoms with Gasteiger partial charge in [-0.25, -0.2) is 4.39 Å². The summed E-state index contributed by atoms with van der Waals surface area (Å²) in [5.74, 6) is 1.30. The van der Waals surface area contributed by atoms with Gasteiger partial charge in [-0.05, 0) is 35.7 Å². The maximum absolute atomic E-state index is 13.6. The van der Waals surface area contributed by atoms with E-state index in [0.717, 1.165) is 11.3 Å². The average Bonchev–Trinajstić information content (AvgIpc) is 2.66. The molecule has 0 aliphatic heterocycles. The van der Waals surface area contributed by atoms with Crippen LogP contribution in [0, 0.1) is 5.82 Å². The first kappa shape index (κ1) is 19.7. The molecule has 0 spiro atoms. The molecule has 0 atom stereocenters. The number of hydrogen-bond donors (Lipinski definition) is 2. The number of aliphatic imine (C=N–C) groups is 1. The SMILES string of the molecule is CN=C(NCCc1ccccc1F)NCc1cccc(OCCOC)c1. The minimum absolute atomic E-state index is 0.178. The van der Waals surface area contributed by atoms with Crippen molar-refractivity contribution < 1.29 is 13.9 Å². The van der Waals surface area contributed by atoms with Crippen molar-refractivity contribution in [3.63, 3.8) is 0 Å². The maximum atomic E-state index is 13.6.